The van der Waals surface area contributed by atoms with Gasteiger partial charge < -0.3 is 0 Å². The second-order valence-corrected chi connectivity index (χ2v) is 5.12. The number of pyridine rings is 1. The van der Waals surface area contributed by atoms with Crippen LogP contribution in [0.25, 0.3) is 0 Å². The fourth-order valence-electron chi connectivity index (χ4n) is 0.765. The molecule has 13 heavy (non-hydrogen) atoms. The van der Waals surface area contributed by atoms with E-state index >= 15 is 0 Å². The Balaban J connectivity index is 3.35. The molecule has 0 amide bonds. The SMILES string of the molecule is C=CS(=O)(=O)c1ccc(Br)c(C)n1. The quantitative estimate of drug-likeness (QED) is 0.819. The van der Waals surface area contributed by atoms with Crippen LogP contribution >= 0.6 is 15.9 Å². The molecule has 70 valence electrons. The maximum atomic E-state index is 11.3. The number of aryl methyl sites for hydroxylation is 1. The number of sulfone groups is 1. The van der Waals surface area contributed by atoms with E-state index in [0.717, 1.165) is 9.88 Å². The summed E-state index contributed by atoms with van der Waals surface area (Å²) in [4.78, 5) is 3.91. The Bertz CT molecular complexity index is 439. The highest BCUT2D eigenvalue weighted by molar-refractivity contribution is 9.10. The van der Waals surface area contributed by atoms with Crippen LogP contribution in [-0.4, -0.2) is 13.4 Å². The van der Waals surface area contributed by atoms with Crippen LogP contribution in [0.3, 0.4) is 0 Å². The largest absolute Gasteiger partial charge is 0.240 e. The monoisotopic (exact) mass is 261 g/mol. The molecule has 0 unspecified atom stereocenters. The van der Waals surface area contributed by atoms with Crippen molar-refractivity contribution in [2.45, 2.75) is 11.9 Å². The number of halogens is 1. The number of rotatable bonds is 2. The molecule has 0 aliphatic heterocycles. The molecular weight excluding hydrogens is 254 g/mol. The average molecular weight is 262 g/mol. The first kappa shape index (κ1) is 10.4. The fourth-order valence-corrected chi connectivity index (χ4v) is 1.68. The van der Waals surface area contributed by atoms with Gasteiger partial charge in [-0.3, -0.25) is 0 Å². The molecule has 0 aromatic carbocycles. The van der Waals surface area contributed by atoms with E-state index in [2.05, 4.69) is 27.5 Å². The van der Waals surface area contributed by atoms with Crippen LogP contribution in [0.2, 0.25) is 0 Å². The first-order valence-electron chi connectivity index (χ1n) is 3.48. The second kappa shape index (κ2) is 3.59. The summed E-state index contributed by atoms with van der Waals surface area (Å²) in [6.07, 6.45) is 0. The third-order valence-electron chi connectivity index (χ3n) is 1.51. The first-order chi connectivity index (χ1) is 5.97. The molecule has 5 heteroatoms. The molecule has 1 heterocycles. The van der Waals surface area contributed by atoms with Gasteiger partial charge in [0.15, 0.2) is 5.03 Å². The standard InChI is InChI=1S/C8H8BrNO2S/c1-3-13(11,12)8-5-4-7(9)6(2)10-8/h3-5H,1H2,2H3. The smallest absolute Gasteiger partial charge is 0.216 e. The van der Waals surface area contributed by atoms with E-state index in [9.17, 15) is 8.42 Å². The van der Waals surface area contributed by atoms with Crippen molar-refractivity contribution in [3.63, 3.8) is 0 Å². The third kappa shape index (κ3) is 2.16. The van der Waals surface area contributed by atoms with Gasteiger partial charge >= 0.3 is 0 Å². The topological polar surface area (TPSA) is 47.0 Å². The maximum Gasteiger partial charge on any atom is 0.216 e. The summed E-state index contributed by atoms with van der Waals surface area (Å²) < 4.78 is 23.3. The van der Waals surface area contributed by atoms with E-state index in [1.807, 2.05) is 0 Å². The lowest BCUT2D eigenvalue weighted by atomic mass is 10.4. The molecule has 0 spiro atoms. The van der Waals surface area contributed by atoms with Gasteiger partial charge in [0.25, 0.3) is 0 Å². The van der Waals surface area contributed by atoms with Crippen molar-refractivity contribution in [3.05, 3.63) is 34.3 Å². The molecule has 0 atom stereocenters. The second-order valence-electron chi connectivity index (χ2n) is 2.43. The van der Waals surface area contributed by atoms with Crippen LogP contribution in [0.15, 0.2) is 33.6 Å². The number of hydrogen-bond donors (Lipinski definition) is 0. The Kier molecular flexibility index (Phi) is 2.87. The summed E-state index contributed by atoms with van der Waals surface area (Å²) in [5.74, 6) is 0. The van der Waals surface area contributed by atoms with Gasteiger partial charge in [-0.1, -0.05) is 6.58 Å². The molecule has 0 aliphatic carbocycles. The zero-order chi connectivity index (χ0) is 10.1. The van der Waals surface area contributed by atoms with Gasteiger partial charge in [-0.15, -0.1) is 0 Å². The Morgan fingerprint density at radius 2 is 2.15 bits per heavy atom. The zero-order valence-electron chi connectivity index (χ0n) is 6.99. The van der Waals surface area contributed by atoms with E-state index in [4.69, 9.17) is 0 Å². The average Bonchev–Trinajstić information content (AvgIpc) is 2.09. The Morgan fingerprint density at radius 3 is 2.62 bits per heavy atom. The Morgan fingerprint density at radius 1 is 1.54 bits per heavy atom. The van der Waals surface area contributed by atoms with Crippen molar-refractivity contribution in [3.8, 4) is 0 Å². The summed E-state index contributed by atoms with van der Waals surface area (Å²) >= 11 is 3.23. The summed E-state index contributed by atoms with van der Waals surface area (Å²) in [6, 6.07) is 3.09. The van der Waals surface area contributed by atoms with Gasteiger partial charge in [0.2, 0.25) is 9.84 Å². The molecule has 1 rings (SSSR count). The Labute approximate surface area is 85.5 Å². The minimum absolute atomic E-state index is 0.0307. The molecule has 0 bridgehead atoms. The van der Waals surface area contributed by atoms with Crippen molar-refractivity contribution in [1.82, 2.24) is 4.98 Å². The van der Waals surface area contributed by atoms with Gasteiger partial charge in [-0.25, -0.2) is 13.4 Å². The molecule has 1 aromatic heterocycles. The summed E-state index contributed by atoms with van der Waals surface area (Å²) in [5, 5.41) is 0.922. The maximum absolute atomic E-state index is 11.3. The minimum atomic E-state index is -3.41. The van der Waals surface area contributed by atoms with Crippen LogP contribution in [0.4, 0.5) is 0 Å². The van der Waals surface area contributed by atoms with Gasteiger partial charge in [-0.2, -0.15) is 0 Å². The minimum Gasteiger partial charge on any atom is -0.240 e. The molecule has 0 aliphatic rings. The lowest BCUT2D eigenvalue weighted by molar-refractivity contribution is 0.600. The normalized spacial score (nSPS) is 11.2. The summed E-state index contributed by atoms with van der Waals surface area (Å²) in [7, 11) is -3.41. The van der Waals surface area contributed by atoms with E-state index in [0.29, 0.717) is 5.69 Å². The van der Waals surface area contributed by atoms with Crippen LogP contribution in [0.5, 0.6) is 0 Å². The number of nitrogens with zero attached hydrogens (tertiary/aromatic N) is 1. The number of hydrogen-bond acceptors (Lipinski definition) is 3. The van der Waals surface area contributed by atoms with Gasteiger partial charge in [-0.05, 0) is 35.0 Å². The van der Waals surface area contributed by atoms with Gasteiger partial charge in [0, 0.05) is 9.88 Å². The molecule has 0 radical (unpaired) electrons. The lowest BCUT2D eigenvalue weighted by Crippen LogP contribution is -2.00. The van der Waals surface area contributed by atoms with Crippen molar-refractivity contribution < 1.29 is 8.42 Å². The third-order valence-corrected chi connectivity index (χ3v) is 3.59. The van der Waals surface area contributed by atoms with Crippen LogP contribution in [0.1, 0.15) is 5.69 Å². The highest BCUT2D eigenvalue weighted by Gasteiger charge is 2.11. The van der Waals surface area contributed by atoms with Crippen LogP contribution in [-0.2, 0) is 9.84 Å². The molecule has 1 aromatic rings. The van der Waals surface area contributed by atoms with Crippen LogP contribution < -0.4 is 0 Å². The Hall–Kier alpha value is -0.680. The van der Waals surface area contributed by atoms with E-state index in [-0.39, 0.29) is 5.03 Å². The van der Waals surface area contributed by atoms with Crippen LogP contribution in [0, 0.1) is 6.92 Å². The van der Waals surface area contributed by atoms with Crippen molar-refractivity contribution in [2.24, 2.45) is 0 Å². The van der Waals surface area contributed by atoms with Gasteiger partial charge in [0.1, 0.15) is 0 Å². The van der Waals surface area contributed by atoms with E-state index in [1.165, 1.54) is 6.07 Å². The number of aromatic nitrogens is 1. The molecule has 0 saturated carbocycles. The highest BCUT2D eigenvalue weighted by Crippen LogP contribution is 2.17. The molecular formula is C8H8BrNO2S. The molecule has 0 fully saturated rings. The van der Waals surface area contributed by atoms with Crippen molar-refractivity contribution in [2.75, 3.05) is 0 Å². The first-order valence-corrected chi connectivity index (χ1v) is 5.82. The molecule has 0 saturated heterocycles. The zero-order valence-corrected chi connectivity index (χ0v) is 9.39. The van der Waals surface area contributed by atoms with Crippen molar-refractivity contribution >= 4 is 25.8 Å². The molecule has 3 nitrogen and oxygen atoms in total. The predicted molar refractivity (Wildman–Crippen MR) is 54.1 cm³/mol. The van der Waals surface area contributed by atoms with E-state index < -0.39 is 9.84 Å². The predicted octanol–water partition coefficient (Wildman–Crippen LogP) is 2.07. The highest BCUT2D eigenvalue weighted by atomic mass is 79.9. The summed E-state index contributed by atoms with van der Waals surface area (Å²) in [5.41, 5.74) is 0.642. The molecule has 0 N–H and O–H groups in total. The fraction of sp³-hybridized carbons (Fsp3) is 0.125. The van der Waals surface area contributed by atoms with Gasteiger partial charge in [0.05, 0.1) is 5.69 Å². The lowest BCUT2D eigenvalue weighted by Gasteiger charge is -2.00. The summed E-state index contributed by atoms with van der Waals surface area (Å²) in [6.45, 7) is 4.95. The van der Waals surface area contributed by atoms with Crippen molar-refractivity contribution in [1.29, 1.82) is 0 Å². The van der Waals surface area contributed by atoms with E-state index in [1.54, 1.807) is 13.0 Å².